The van der Waals surface area contributed by atoms with Crippen LogP contribution >= 0.6 is 11.6 Å². The van der Waals surface area contributed by atoms with E-state index in [-0.39, 0.29) is 23.7 Å². The molecule has 0 aliphatic carbocycles. The third-order valence-corrected chi connectivity index (χ3v) is 4.85. The predicted octanol–water partition coefficient (Wildman–Crippen LogP) is 3.48. The van der Waals surface area contributed by atoms with Crippen molar-refractivity contribution in [1.29, 1.82) is 0 Å². The number of carbonyl (C=O) groups is 2. The topological polar surface area (TPSA) is 57.6 Å². The van der Waals surface area contributed by atoms with Gasteiger partial charge in [-0.2, -0.15) is 0 Å². The van der Waals surface area contributed by atoms with Crippen LogP contribution in [0.3, 0.4) is 0 Å². The zero-order chi connectivity index (χ0) is 17.0. The summed E-state index contributed by atoms with van der Waals surface area (Å²) in [5.41, 5.74) is 1.17. The minimum atomic E-state index is -0.749. The molecule has 0 aromatic heterocycles. The van der Waals surface area contributed by atoms with Gasteiger partial charge in [0.1, 0.15) is 0 Å². The molecule has 3 atom stereocenters. The summed E-state index contributed by atoms with van der Waals surface area (Å²) < 4.78 is 0. The summed E-state index contributed by atoms with van der Waals surface area (Å²) in [5.74, 6) is -0.693. The Labute approximate surface area is 142 Å². The van der Waals surface area contributed by atoms with Crippen LogP contribution in [0.2, 0.25) is 5.02 Å². The van der Waals surface area contributed by atoms with Gasteiger partial charge in [0.25, 0.3) is 0 Å². The summed E-state index contributed by atoms with van der Waals surface area (Å²) >= 11 is 5.88. The number of rotatable bonds is 5. The molecule has 3 unspecified atom stereocenters. The van der Waals surface area contributed by atoms with Crippen molar-refractivity contribution in [3.8, 4) is 0 Å². The van der Waals surface area contributed by atoms with Crippen molar-refractivity contribution in [2.24, 2.45) is 17.8 Å². The van der Waals surface area contributed by atoms with E-state index in [1.807, 2.05) is 36.1 Å². The predicted molar refractivity (Wildman–Crippen MR) is 90.4 cm³/mol. The van der Waals surface area contributed by atoms with E-state index in [0.717, 1.165) is 6.42 Å². The monoisotopic (exact) mass is 337 g/mol. The summed E-state index contributed by atoms with van der Waals surface area (Å²) in [6.45, 7) is 5.08. The number of hydrogen-bond acceptors (Lipinski definition) is 2. The maximum absolute atomic E-state index is 12.4. The van der Waals surface area contributed by atoms with Crippen molar-refractivity contribution in [2.45, 2.75) is 33.1 Å². The lowest BCUT2D eigenvalue weighted by atomic mass is 9.86. The van der Waals surface area contributed by atoms with Crippen molar-refractivity contribution in [3.05, 3.63) is 34.9 Å². The van der Waals surface area contributed by atoms with Crippen LogP contribution in [0.5, 0.6) is 0 Å². The van der Waals surface area contributed by atoms with Crippen LogP contribution in [-0.4, -0.2) is 35.0 Å². The summed E-state index contributed by atoms with van der Waals surface area (Å²) in [7, 11) is 0. The Hall–Kier alpha value is -1.55. The maximum Gasteiger partial charge on any atom is 0.306 e. The molecule has 4 nitrogen and oxygen atoms in total. The van der Waals surface area contributed by atoms with Crippen LogP contribution in [-0.2, 0) is 16.0 Å². The summed E-state index contributed by atoms with van der Waals surface area (Å²) in [6.07, 6.45) is 1.88. The fraction of sp³-hybridized carbons (Fsp3) is 0.556. The van der Waals surface area contributed by atoms with E-state index in [1.165, 1.54) is 5.56 Å². The van der Waals surface area contributed by atoms with E-state index < -0.39 is 5.97 Å². The van der Waals surface area contributed by atoms with E-state index in [4.69, 9.17) is 16.7 Å². The number of carbonyl (C=O) groups excluding carboxylic acids is 1. The third-order valence-electron chi connectivity index (χ3n) is 4.60. The van der Waals surface area contributed by atoms with Gasteiger partial charge in [-0.05, 0) is 42.4 Å². The average Bonchev–Trinajstić information content (AvgIpc) is 2.49. The molecule has 0 radical (unpaired) electrons. The van der Waals surface area contributed by atoms with Crippen LogP contribution in [0, 0.1) is 17.8 Å². The van der Waals surface area contributed by atoms with Gasteiger partial charge < -0.3 is 10.0 Å². The van der Waals surface area contributed by atoms with Gasteiger partial charge in [-0.25, -0.2) is 0 Å². The number of piperidine rings is 1. The van der Waals surface area contributed by atoms with Crippen LogP contribution in [0.4, 0.5) is 0 Å². The van der Waals surface area contributed by atoms with Crippen molar-refractivity contribution >= 4 is 23.5 Å². The fourth-order valence-electron chi connectivity index (χ4n) is 3.26. The first-order valence-corrected chi connectivity index (χ1v) is 8.49. The highest BCUT2D eigenvalue weighted by Crippen LogP contribution is 2.25. The lowest BCUT2D eigenvalue weighted by Gasteiger charge is -2.35. The normalized spacial score (nSPS) is 22.7. The Kier molecular flexibility index (Phi) is 6.05. The molecule has 126 valence electrons. The van der Waals surface area contributed by atoms with Gasteiger partial charge in [0.2, 0.25) is 5.91 Å². The Morgan fingerprint density at radius 1 is 1.35 bits per heavy atom. The van der Waals surface area contributed by atoms with Crippen LogP contribution in [0.25, 0.3) is 0 Å². The molecule has 23 heavy (non-hydrogen) atoms. The number of halogens is 1. The van der Waals surface area contributed by atoms with Gasteiger partial charge in [0.15, 0.2) is 0 Å². The van der Waals surface area contributed by atoms with Crippen LogP contribution in [0.15, 0.2) is 24.3 Å². The molecule has 1 aromatic carbocycles. The standard InChI is InChI=1S/C18H24ClNO3/c1-12(9-14-3-5-15(19)6-4-14)10-17(21)20-8-7-16(18(22)23)13(2)11-20/h3-6,12-13,16H,7-11H2,1-2H3,(H,22,23). The molecule has 1 aromatic rings. The van der Waals surface area contributed by atoms with Crippen molar-refractivity contribution in [3.63, 3.8) is 0 Å². The zero-order valence-corrected chi connectivity index (χ0v) is 14.4. The lowest BCUT2D eigenvalue weighted by Crippen LogP contribution is -2.45. The van der Waals surface area contributed by atoms with E-state index >= 15 is 0 Å². The Bertz CT molecular complexity index is 558. The molecule has 0 spiro atoms. The number of nitrogens with zero attached hydrogens (tertiary/aromatic N) is 1. The Morgan fingerprint density at radius 3 is 2.57 bits per heavy atom. The Morgan fingerprint density at radius 2 is 2.00 bits per heavy atom. The molecule has 1 N–H and O–H groups in total. The molecule has 1 saturated heterocycles. The van der Waals surface area contributed by atoms with E-state index in [2.05, 4.69) is 6.92 Å². The molecule has 0 bridgehead atoms. The van der Waals surface area contributed by atoms with Crippen molar-refractivity contribution in [2.75, 3.05) is 13.1 Å². The second kappa shape index (κ2) is 7.82. The number of carboxylic acids is 1. The van der Waals surface area contributed by atoms with Gasteiger partial charge in [0, 0.05) is 24.5 Å². The lowest BCUT2D eigenvalue weighted by molar-refractivity contribution is -0.148. The number of hydrogen-bond donors (Lipinski definition) is 1. The van der Waals surface area contributed by atoms with E-state index in [0.29, 0.717) is 31.0 Å². The molecule has 0 saturated carbocycles. The highest BCUT2D eigenvalue weighted by atomic mass is 35.5. The first-order chi connectivity index (χ1) is 10.9. The smallest absolute Gasteiger partial charge is 0.306 e. The SMILES string of the molecule is CC(CC(=O)N1CCC(C(=O)O)C(C)C1)Cc1ccc(Cl)cc1. The van der Waals surface area contributed by atoms with Crippen LogP contribution < -0.4 is 0 Å². The van der Waals surface area contributed by atoms with E-state index in [1.54, 1.807) is 0 Å². The number of aliphatic carboxylic acids is 1. The molecule has 1 heterocycles. The molecule has 1 aliphatic rings. The van der Waals surface area contributed by atoms with Crippen LogP contribution in [0.1, 0.15) is 32.3 Å². The molecule has 2 rings (SSSR count). The number of likely N-dealkylation sites (tertiary alicyclic amines) is 1. The Balaban J connectivity index is 1.84. The molecule has 1 fully saturated rings. The molecular weight excluding hydrogens is 314 g/mol. The summed E-state index contributed by atoms with van der Waals surface area (Å²) in [5, 5.41) is 9.87. The average molecular weight is 338 g/mol. The molecule has 5 heteroatoms. The largest absolute Gasteiger partial charge is 0.481 e. The highest BCUT2D eigenvalue weighted by Gasteiger charge is 2.33. The molecule has 1 aliphatic heterocycles. The van der Waals surface area contributed by atoms with Gasteiger partial charge in [-0.15, -0.1) is 0 Å². The zero-order valence-electron chi connectivity index (χ0n) is 13.7. The first-order valence-electron chi connectivity index (χ1n) is 8.12. The highest BCUT2D eigenvalue weighted by molar-refractivity contribution is 6.30. The van der Waals surface area contributed by atoms with Gasteiger partial charge in [-0.1, -0.05) is 37.6 Å². The summed E-state index contributed by atoms with van der Waals surface area (Å²) in [4.78, 5) is 25.4. The quantitative estimate of drug-likeness (QED) is 0.895. The second-order valence-electron chi connectivity index (χ2n) is 6.69. The second-order valence-corrected chi connectivity index (χ2v) is 7.13. The van der Waals surface area contributed by atoms with E-state index in [9.17, 15) is 9.59 Å². The maximum atomic E-state index is 12.4. The first kappa shape index (κ1) is 17.8. The van der Waals surface area contributed by atoms with Gasteiger partial charge in [-0.3, -0.25) is 9.59 Å². The minimum Gasteiger partial charge on any atom is -0.481 e. The third kappa shape index (κ3) is 4.96. The fourth-order valence-corrected chi connectivity index (χ4v) is 3.39. The molecule has 1 amide bonds. The molecular formula is C18H24ClNO3. The van der Waals surface area contributed by atoms with Gasteiger partial charge >= 0.3 is 5.97 Å². The number of carboxylic acid groups (broad SMARTS) is 1. The van der Waals surface area contributed by atoms with Crippen molar-refractivity contribution < 1.29 is 14.7 Å². The summed E-state index contributed by atoms with van der Waals surface area (Å²) in [6, 6.07) is 7.71. The number of benzene rings is 1. The minimum absolute atomic E-state index is 0.0109. The number of amides is 1. The van der Waals surface area contributed by atoms with Crippen molar-refractivity contribution in [1.82, 2.24) is 4.90 Å². The van der Waals surface area contributed by atoms with Gasteiger partial charge in [0.05, 0.1) is 5.92 Å².